The molecule has 3 nitrogen and oxygen atoms in total. The third-order valence-electron chi connectivity index (χ3n) is 1.67. The zero-order chi connectivity index (χ0) is 9.84. The molecule has 68 valence electrons. The second-order valence-electron chi connectivity index (χ2n) is 2.78. The largest absolute Gasteiger partial charge is 0.321 e. The van der Waals surface area contributed by atoms with Crippen LogP contribution in [0.4, 0.5) is 5.69 Å². The number of pyridine rings is 1. The van der Waals surface area contributed by atoms with E-state index < -0.39 is 0 Å². The van der Waals surface area contributed by atoms with Crippen LogP contribution in [0.1, 0.15) is 11.4 Å². The Morgan fingerprint density at radius 1 is 1.54 bits per heavy atom. The number of hydrogen-bond donors (Lipinski definition) is 1. The number of carbonyl (C=O) groups is 1. The minimum atomic E-state index is -0.214. The summed E-state index contributed by atoms with van der Waals surface area (Å²) in [6.07, 6.45) is 1.24. The molecular weight excluding hydrogens is 164 g/mol. The average Bonchev–Trinajstić information content (AvgIpc) is 2.09. The van der Waals surface area contributed by atoms with Gasteiger partial charge in [-0.3, -0.25) is 9.78 Å². The van der Waals surface area contributed by atoms with E-state index in [1.807, 2.05) is 26.0 Å². The number of aryl methyl sites for hydroxylation is 2. The Bertz CT molecular complexity index is 345. The summed E-state index contributed by atoms with van der Waals surface area (Å²) in [5.41, 5.74) is 2.49. The minimum Gasteiger partial charge on any atom is -0.321 e. The van der Waals surface area contributed by atoms with E-state index in [1.165, 1.54) is 6.08 Å². The van der Waals surface area contributed by atoms with Crippen molar-refractivity contribution in [3.8, 4) is 0 Å². The Kier molecular flexibility index (Phi) is 2.80. The Hall–Kier alpha value is -1.64. The molecule has 1 aromatic heterocycles. The van der Waals surface area contributed by atoms with Crippen LogP contribution in [-0.2, 0) is 4.79 Å². The van der Waals surface area contributed by atoms with Crippen LogP contribution in [0, 0.1) is 13.8 Å². The number of aromatic nitrogens is 1. The monoisotopic (exact) mass is 176 g/mol. The number of rotatable bonds is 2. The first-order valence-electron chi connectivity index (χ1n) is 4.01. The van der Waals surface area contributed by atoms with Crippen molar-refractivity contribution in [2.24, 2.45) is 0 Å². The summed E-state index contributed by atoms with van der Waals surface area (Å²) in [5, 5.41) is 2.67. The Labute approximate surface area is 77.5 Å². The number of nitrogens with one attached hydrogen (secondary N) is 1. The third kappa shape index (κ3) is 2.40. The smallest absolute Gasteiger partial charge is 0.247 e. The zero-order valence-corrected chi connectivity index (χ0v) is 7.79. The van der Waals surface area contributed by atoms with Crippen LogP contribution < -0.4 is 5.32 Å². The molecule has 1 N–H and O–H groups in total. The van der Waals surface area contributed by atoms with Gasteiger partial charge in [0, 0.05) is 5.69 Å². The highest BCUT2D eigenvalue weighted by Crippen LogP contribution is 2.12. The molecule has 1 rings (SSSR count). The van der Waals surface area contributed by atoms with Crippen molar-refractivity contribution in [3.05, 3.63) is 36.2 Å². The van der Waals surface area contributed by atoms with Crippen molar-refractivity contribution >= 4 is 11.6 Å². The molecule has 1 aromatic rings. The predicted molar refractivity (Wildman–Crippen MR) is 52.5 cm³/mol. The summed E-state index contributed by atoms with van der Waals surface area (Å²) in [6.45, 7) is 7.13. The quantitative estimate of drug-likeness (QED) is 0.698. The van der Waals surface area contributed by atoms with Crippen molar-refractivity contribution in [3.63, 3.8) is 0 Å². The predicted octanol–water partition coefficient (Wildman–Crippen LogP) is 1.82. The van der Waals surface area contributed by atoms with E-state index in [4.69, 9.17) is 0 Å². The second-order valence-corrected chi connectivity index (χ2v) is 2.78. The van der Waals surface area contributed by atoms with Gasteiger partial charge in [-0.15, -0.1) is 0 Å². The molecule has 0 aliphatic rings. The molecule has 3 heteroatoms. The summed E-state index contributed by atoms with van der Waals surface area (Å²) >= 11 is 0. The van der Waals surface area contributed by atoms with Crippen molar-refractivity contribution in [1.82, 2.24) is 4.98 Å². The third-order valence-corrected chi connectivity index (χ3v) is 1.67. The summed E-state index contributed by atoms with van der Waals surface area (Å²) in [5.74, 6) is -0.214. The van der Waals surface area contributed by atoms with E-state index in [9.17, 15) is 4.79 Å². The number of anilines is 1. The lowest BCUT2D eigenvalue weighted by Crippen LogP contribution is -2.09. The molecule has 0 atom stereocenters. The minimum absolute atomic E-state index is 0.214. The van der Waals surface area contributed by atoms with Crippen LogP contribution in [-0.4, -0.2) is 10.9 Å². The SMILES string of the molecule is C=CC(=O)Nc1ccc(C)nc1C. The standard InChI is InChI=1S/C10H12N2O/c1-4-10(13)12-9-6-5-7(2)11-8(9)3/h4-6H,1H2,2-3H3,(H,12,13). The van der Waals surface area contributed by atoms with Gasteiger partial charge >= 0.3 is 0 Å². The molecule has 0 saturated heterocycles. The second kappa shape index (κ2) is 3.85. The molecule has 0 saturated carbocycles. The van der Waals surface area contributed by atoms with Gasteiger partial charge in [0.05, 0.1) is 11.4 Å². The lowest BCUT2D eigenvalue weighted by molar-refractivity contribution is -0.111. The lowest BCUT2D eigenvalue weighted by Gasteiger charge is -2.05. The number of hydrogen-bond acceptors (Lipinski definition) is 2. The Morgan fingerprint density at radius 3 is 2.77 bits per heavy atom. The topological polar surface area (TPSA) is 42.0 Å². The van der Waals surface area contributed by atoms with Crippen molar-refractivity contribution in [2.75, 3.05) is 5.32 Å². The van der Waals surface area contributed by atoms with E-state index in [0.29, 0.717) is 0 Å². The van der Waals surface area contributed by atoms with Crippen LogP contribution in [0.2, 0.25) is 0 Å². The molecule has 0 aliphatic heterocycles. The van der Waals surface area contributed by atoms with Crippen molar-refractivity contribution in [2.45, 2.75) is 13.8 Å². The van der Waals surface area contributed by atoms with Gasteiger partial charge < -0.3 is 5.32 Å². The lowest BCUT2D eigenvalue weighted by atomic mass is 10.2. The van der Waals surface area contributed by atoms with Gasteiger partial charge in [-0.05, 0) is 32.1 Å². The van der Waals surface area contributed by atoms with Crippen molar-refractivity contribution in [1.29, 1.82) is 0 Å². The molecule has 0 aromatic carbocycles. The fraction of sp³-hybridized carbons (Fsp3) is 0.200. The maximum absolute atomic E-state index is 11.0. The molecule has 0 radical (unpaired) electrons. The highest BCUT2D eigenvalue weighted by molar-refractivity contribution is 5.99. The van der Waals surface area contributed by atoms with Crippen LogP contribution in [0.5, 0.6) is 0 Å². The average molecular weight is 176 g/mol. The van der Waals surface area contributed by atoms with Crippen LogP contribution in [0.25, 0.3) is 0 Å². The molecule has 0 fully saturated rings. The van der Waals surface area contributed by atoms with Crippen LogP contribution in [0.15, 0.2) is 24.8 Å². The van der Waals surface area contributed by atoms with Gasteiger partial charge in [0.2, 0.25) is 5.91 Å². The first kappa shape index (κ1) is 9.45. The summed E-state index contributed by atoms with van der Waals surface area (Å²) in [6, 6.07) is 3.69. The molecule has 0 aliphatic carbocycles. The normalized spacial score (nSPS) is 9.38. The number of carbonyl (C=O) groups excluding carboxylic acids is 1. The molecule has 1 heterocycles. The first-order valence-corrected chi connectivity index (χ1v) is 4.01. The Balaban J connectivity index is 2.89. The van der Waals surface area contributed by atoms with Gasteiger partial charge in [0.25, 0.3) is 0 Å². The van der Waals surface area contributed by atoms with Gasteiger partial charge in [0.1, 0.15) is 0 Å². The van der Waals surface area contributed by atoms with Crippen molar-refractivity contribution < 1.29 is 4.79 Å². The maximum Gasteiger partial charge on any atom is 0.247 e. The van der Waals surface area contributed by atoms with E-state index in [-0.39, 0.29) is 5.91 Å². The van der Waals surface area contributed by atoms with Crippen LogP contribution >= 0.6 is 0 Å². The van der Waals surface area contributed by atoms with E-state index in [2.05, 4.69) is 16.9 Å². The summed E-state index contributed by atoms with van der Waals surface area (Å²) in [4.78, 5) is 15.2. The fourth-order valence-electron chi connectivity index (χ4n) is 1.00. The summed E-state index contributed by atoms with van der Waals surface area (Å²) in [7, 11) is 0. The van der Waals surface area contributed by atoms with E-state index in [1.54, 1.807) is 0 Å². The highest BCUT2D eigenvalue weighted by Gasteiger charge is 2.01. The van der Waals surface area contributed by atoms with Gasteiger partial charge in [0.15, 0.2) is 0 Å². The molecule has 1 amide bonds. The van der Waals surface area contributed by atoms with E-state index in [0.717, 1.165) is 17.1 Å². The summed E-state index contributed by atoms with van der Waals surface area (Å²) < 4.78 is 0. The van der Waals surface area contributed by atoms with Gasteiger partial charge in [-0.2, -0.15) is 0 Å². The zero-order valence-electron chi connectivity index (χ0n) is 7.79. The molecule has 0 bridgehead atoms. The molecule has 13 heavy (non-hydrogen) atoms. The van der Waals surface area contributed by atoms with Crippen LogP contribution in [0.3, 0.4) is 0 Å². The first-order chi connectivity index (χ1) is 6.13. The van der Waals surface area contributed by atoms with Gasteiger partial charge in [-0.25, -0.2) is 0 Å². The molecule has 0 spiro atoms. The van der Waals surface area contributed by atoms with E-state index >= 15 is 0 Å². The Morgan fingerprint density at radius 2 is 2.23 bits per heavy atom. The number of amides is 1. The van der Waals surface area contributed by atoms with Gasteiger partial charge in [-0.1, -0.05) is 6.58 Å². The molecule has 0 unspecified atom stereocenters. The highest BCUT2D eigenvalue weighted by atomic mass is 16.1. The molecular formula is C10H12N2O. The fourth-order valence-corrected chi connectivity index (χ4v) is 1.00. The number of nitrogens with zero attached hydrogens (tertiary/aromatic N) is 1. The maximum atomic E-state index is 11.0.